The Morgan fingerprint density at radius 1 is 1.10 bits per heavy atom. The lowest BCUT2D eigenvalue weighted by Crippen LogP contribution is -2.26. The van der Waals surface area contributed by atoms with Gasteiger partial charge >= 0.3 is 0 Å². The molecule has 2 N–H and O–H groups in total. The maximum absolute atomic E-state index is 12.5. The van der Waals surface area contributed by atoms with E-state index in [2.05, 4.69) is 17.2 Å². The molecule has 7 nitrogen and oxygen atoms in total. The molecule has 0 unspecified atom stereocenters. The van der Waals surface area contributed by atoms with Gasteiger partial charge in [-0.05, 0) is 48.4 Å². The Morgan fingerprint density at radius 3 is 2.68 bits per heavy atom. The molecule has 0 saturated carbocycles. The number of allylic oxidation sites excluding steroid dienone is 1. The van der Waals surface area contributed by atoms with Crippen LogP contribution in [0.15, 0.2) is 77.9 Å². The number of carbonyl (C=O) groups excluding carboxylic acids is 2. The third kappa shape index (κ3) is 5.99. The Bertz CT molecular complexity index is 1040. The number of methoxy groups -OCH3 is 1. The SMILES string of the molecule is C=CCc1ccc(OCC(=O)Nc2ccccc2C(=O)NCc2ccco2)c(OC)c1. The summed E-state index contributed by atoms with van der Waals surface area (Å²) < 4.78 is 16.2. The zero-order valence-corrected chi connectivity index (χ0v) is 17.2. The fraction of sp³-hybridized carbons (Fsp3) is 0.167. The van der Waals surface area contributed by atoms with Crippen LogP contribution in [-0.4, -0.2) is 25.5 Å². The molecule has 2 aromatic carbocycles. The first kappa shape index (κ1) is 21.7. The molecule has 31 heavy (non-hydrogen) atoms. The number of ether oxygens (including phenoxy) is 2. The van der Waals surface area contributed by atoms with E-state index < -0.39 is 5.91 Å². The van der Waals surface area contributed by atoms with E-state index in [0.29, 0.717) is 34.9 Å². The van der Waals surface area contributed by atoms with Gasteiger partial charge in [0.05, 0.1) is 31.2 Å². The summed E-state index contributed by atoms with van der Waals surface area (Å²) in [6.07, 6.45) is 4.04. The third-order valence-corrected chi connectivity index (χ3v) is 4.42. The molecule has 0 spiro atoms. The molecule has 7 heteroatoms. The summed E-state index contributed by atoms with van der Waals surface area (Å²) >= 11 is 0. The summed E-state index contributed by atoms with van der Waals surface area (Å²) in [6, 6.07) is 15.7. The lowest BCUT2D eigenvalue weighted by Gasteiger charge is -2.13. The van der Waals surface area contributed by atoms with Gasteiger partial charge in [-0.2, -0.15) is 0 Å². The van der Waals surface area contributed by atoms with Crippen molar-refractivity contribution in [3.05, 3.63) is 90.4 Å². The number of rotatable bonds is 10. The smallest absolute Gasteiger partial charge is 0.262 e. The second kappa shape index (κ2) is 10.7. The van der Waals surface area contributed by atoms with Gasteiger partial charge in [-0.15, -0.1) is 6.58 Å². The van der Waals surface area contributed by atoms with Crippen molar-refractivity contribution in [1.82, 2.24) is 5.32 Å². The monoisotopic (exact) mass is 420 g/mol. The van der Waals surface area contributed by atoms with E-state index in [1.165, 1.54) is 13.4 Å². The van der Waals surface area contributed by atoms with Crippen LogP contribution in [0.2, 0.25) is 0 Å². The summed E-state index contributed by atoms with van der Waals surface area (Å²) in [5, 5.41) is 5.49. The Morgan fingerprint density at radius 2 is 1.94 bits per heavy atom. The first-order valence-corrected chi connectivity index (χ1v) is 9.70. The van der Waals surface area contributed by atoms with E-state index in [1.807, 2.05) is 12.1 Å². The molecule has 0 aliphatic heterocycles. The van der Waals surface area contributed by atoms with Crippen LogP contribution in [0.1, 0.15) is 21.7 Å². The zero-order chi connectivity index (χ0) is 22.1. The van der Waals surface area contributed by atoms with Crippen molar-refractivity contribution in [2.45, 2.75) is 13.0 Å². The second-order valence-electron chi connectivity index (χ2n) is 6.62. The minimum atomic E-state index is -0.400. The number of carbonyl (C=O) groups is 2. The predicted molar refractivity (Wildman–Crippen MR) is 117 cm³/mol. The van der Waals surface area contributed by atoms with E-state index in [9.17, 15) is 9.59 Å². The molecule has 160 valence electrons. The third-order valence-electron chi connectivity index (χ3n) is 4.42. The van der Waals surface area contributed by atoms with Crippen LogP contribution in [0.3, 0.4) is 0 Å². The first-order valence-electron chi connectivity index (χ1n) is 9.70. The summed E-state index contributed by atoms with van der Waals surface area (Å²) in [4.78, 5) is 25.0. The van der Waals surface area contributed by atoms with Crippen LogP contribution in [0.4, 0.5) is 5.69 Å². The van der Waals surface area contributed by atoms with Crippen molar-refractivity contribution in [2.75, 3.05) is 19.0 Å². The molecule has 0 aliphatic rings. The molecule has 3 aromatic rings. The van der Waals surface area contributed by atoms with Crippen molar-refractivity contribution in [3.63, 3.8) is 0 Å². The number of hydrogen-bond donors (Lipinski definition) is 2. The number of para-hydroxylation sites is 1. The highest BCUT2D eigenvalue weighted by Gasteiger charge is 2.14. The first-order chi connectivity index (χ1) is 15.1. The van der Waals surface area contributed by atoms with Gasteiger partial charge in [0.1, 0.15) is 5.76 Å². The van der Waals surface area contributed by atoms with Gasteiger partial charge in [0.25, 0.3) is 11.8 Å². The Balaban J connectivity index is 1.61. The van der Waals surface area contributed by atoms with E-state index in [4.69, 9.17) is 13.9 Å². The largest absolute Gasteiger partial charge is 0.493 e. The number of benzene rings is 2. The lowest BCUT2D eigenvalue weighted by molar-refractivity contribution is -0.118. The number of anilines is 1. The van der Waals surface area contributed by atoms with E-state index >= 15 is 0 Å². The molecule has 0 aliphatic carbocycles. The number of amides is 2. The molecule has 0 fully saturated rings. The molecule has 3 rings (SSSR count). The van der Waals surface area contributed by atoms with Crippen LogP contribution in [0.5, 0.6) is 11.5 Å². The highest BCUT2D eigenvalue weighted by atomic mass is 16.5. The van der Waals surface area contributed by atoms with E-state index in [1.54, 1.807) is 48.5 Å². The van der Waals surface area contributed by atoms with Crippen LogP contribution in [0.25, 0.3) is 0 Å². The number of nitrogens with one attached hydrogen (secondary N) is 2. The van der Waals surface area contributed by atoms with Crippen molar-refractivity contribution >= 4 is 17.5 Å². The normalized spacial score (nSPS) is 10.2. The fourth-order valence-electron chi connectivity index (χ4n) is 2.92. The quantitative estimate of drug-likeness (QED) is 0.485. The van der Waals surface area contributed by atoms with Crippen LogP contribution >= 0.6 is 0 Å². The molecule has 0 atom stereocenters. The van der Waals surface area contributed by atoms with Crippen molar-refractivity contribution in [1.29, 1.82) is 0 Å². The van der Waals surface area contributed by atoms with Crippen molar-refractivity contribution in [3.8, 4) is 11.5 Å². The lowest BCUT2D eigenvalue weighted by atomic mass is 10.1. The van der Waals surface area contributed by atoms with Crippen LogP contribution in [-0.2, 0) is 17.8 Å². The van der Waals surface area contributed by atoms with Crippen molar-refractivity contribution in [2.24, 2.45) is 0 Å². The summed E-state index contributed by atoms with van der Waals surface area (Å²) in [7, 11) is 1.54. The molecule has 1 aromatic heterocycles. The molecule has 0 bridgehead atoms. The molecule has 0 radical (unpaired) electrons. The zero-order valence-electron chi connectivity index (χ0n) is 17.2. The molecule has 0 saturated heterocycles. The van der Waals surface area contributed by atoms with Gasteiger partial charge in [-0.3, -0.25) is 9.59 Å². The minimum absolute atomic E-state index is 0.237. The maximum Gasteiger partial charge on any atom is 0.262 e. The molecule has 1 heterocycles. The summed E-state index contributed by atoms with van der Waals surface area (Å²) in [5.74, 6) is 0.896. The highest BCUT2D eigenvalue weighted by molar-refractivity contribution is 6.04. The number of hydrogen-bond acceptors (Lipinski definition) is 5. The number of furan rings is 1. The topological polar surface area (TPSA) is 89.8 Å². The predicted octanol–water partition coefficient (Wildman–Crippen LogP) is 3.96. The van der Waals surface area contributed by atoms with Gasteiger partial charge in [-0.1, -0.05) is 24.3 Å². The molecular formula is C24H24N2O5. The van der Waals surface area contributed by atoms with Gasteiger partial charge < -0.3 is 24.5 Å². The van der Waals surface area contributed by atoms with E-state index in [-0.39, 0.29) is 19.1 Å². The van der Waals surface area contributed by atoms with Gasteiger partial charge in [-0.25, -0.2) is 0 Å². The summed E-state index contributed by atoms with van der Waals surface area (Å²) in [5.41, 5.74) is 1.76. The van der Waals surface area contributed by atoms with Crippen molar-refractivity contribution < 1.29 is 23.5 Å². The average Bonchev–Trinajstić information content (AvgIpc) is 3.31. The molecule has 2 amide bonds. The average molecular weight is 420 g/mol. The van der Waals surface area contributed by atoms with Gasteiger partial charge in [0.2, 0.25) is 0 Å². The maximum atomic E-state index is 12.5. The Kier molecular flexibility index (Phi) is 7.48. The Labute approximate surface area is 180 Å². The van der Waals surface area contributed by atoms with Gasteiger partial charge in [0, 0.05) is 0 Å². The Hall–Kier alpha value is -4.00. The highest BCUT2D eigenvalue weighted by Crippen LogP contribution is 2.28. The standard InChI is InChI=1S/C24H24N2O5/c1-3-7-17-11-12-21(22(14-17)29-2)31-16-23(27)26-20-10-5-4-9-19(20)24(28)25-15-18-8-6-13-30-18/h3-6,8-14H,1,7,15-16H2,2H3,(H,25,28)(H,26,27). The second-order valence-corrected chi connectivity index (χ2v) is 6.62. The fourth-order valence-corrected chi connectivity index (χ4v) is 2.92. The van der Waals surface area contributed by atoms with Gasteiger partial charge in [0.15, 0.2) is 18.1 Å². The van der Waals surface area contributed by atoms with E-state index in [0.717, 1.165) is 5.56 Å². The molecular weight excluding hydrogens is 396 g/mol. The minimum Gasteiger partial charge on any atom is -0.493 e. The van der Waals surface area contributed by atoms with Crippen LogP contribution < -0.4 is 20.1 Å². The van der Waals surface area contributed by atoms with Crippen LogP contribution in [0, 0.1) is 0 Å². The summed E-state index contributed by atoms with van der Waals surface area (Å²) in [6.45, 7) is 3.73.